The van der Waals surface area contributed by atoms with E-state index in [0.29, 0.717) is 12.1 Å². The van der Waals surface area contributed by atoms with Crippen molar-refractivity contribution in [1.29, 1.82) is 0 Å². The van der Waals surface area contributed by atoms with Crippen molar-refractivity contribution in [1.82, 2.24) is 5.32 Å². The number of hydrogen-bond acceptors (Lipinski definition) is 4. The van der Waals surface area contributed by atoms with Gasteiger partial charge in [-0.1, -0.05) is 32.0 Å². The molecule has 29 heavy (non-hydrogen) atoms. The molecule has 0 radical (unpaired) electrons. The fraction of sp³-hybridized carbons (Fsp3) is 0.450. The van der Waals surface area contributed by atoms with Gasteiger partial charge in [-0.15, -0.1) is 0 Å². The van der Waals surface area contributed by atoms with E-state index in [4.69, 9.17) is 0 Å². The maximum absolute atomic E-state index is 13.7. The molecule has 1 aromatic carbocycles. The smallest absolute Gasteiger partial charge is 0.299 e. The number of hydrogen-bond donors (Lipinski definition) is 1. The molecule has 2 aliphatic heterocycles. The minimum Gasteiger partial charge on any atom is -0.299 e. The number of benzene rings is 1. The zero-order valence-electron chi connectivity index (χ0n) is 15.7. The van der Waals surface area contributed by atoms with Crippen LogP contribution in [0.3, 0.4) is 0 Å². The second-order valence-corrected chi connectivity index (χ2v) is 8.42. The first-order chi connectivity index (χ1) is 13.5. The average Bonchev–Trinajstić information content (AvgIpc) is 2.57. The Morgan fingerprint density at radius 2 is 1.72 bits per heavy atom. The van der Waals surface area contributed by atoms with Crippen LogP contribution >= 0.6 is 0 Å². The highest BCUT2D eigenvalue weighted by atomic mass is 19.4. The van der Waals surface area contributed by atoms with Crippen LogP contribution in [0.25, 0.3) is 0 Å². The van der Waals surface area contributed by atoms with Gasteiger partial charge in [0.1, 0.15) is 17.5 Å². The number of Topliss-reactive ketones (excluding diaryl/α,β-unsaturated/α-hetero) is 1. The Balaban J connectivity index is 1.96. The molecule has 3 unspecified atom stereocenters. The Bertz CT molecular complexity index is 994. The monoisotopic (exact) mass is 405 g/mol. The molecule has 0 spiro atoms. The van der Waals surface area contributed by atoms with E-state index in [0.717, 1.165) is 6.07 Å². The second-order valence-electron chi connectivity index (χ2n) is 8.42. The van der Waals surface area contributed by atoms with Gasteiger partial charge in [0.25, 0.3) is 0 Å². The predicted octanol–water partition coefficient (Wildman–Crippen LogP) is 3.51. The lowest BCUT2D eigenvalue weighted by atomic mass is 9.61. The van der Waals surface area contributed by atoms with Gasteiger partial charge in [0.2, 0.25) is 5.91 Å². The molecule has 0 saturated heterocycles. The van der Waals surface area contributed by atoms with Crippen molar-refractivity contribution in [3.8, 4) is 0 Å². The number of ketones is 1. The molecule has 1 aliphatic carbocycles. The van der Waals surface area contributed by atoms with Crippen molar-refractivity contribution in [2.75, 3.05) is 0 Å². The molecule has 0 aromatic heterocycles. The van der Waals surface area contributed by atoms with Crippen molar-refractivity contribution in [3.63, 3.8) is 0 Å². The summed E-state index contributed by atoms with van der Waals surface area (Å²) < 4.78 is 41.2. The van der Waals surface area contributed by atoms with E-state index in [-0.39, 0.29) is 23.6 Å². The van der Waals surface area contributed by atoms with Gasteiger partial charge in [0, 0.05) is 18.1 Å². The van der Waals surface area contributed by atoms with Crippen LogP contribution in [0.5, 0.6) is 0 Å². The lowest BCUT2D eigenvalue weighted by Gasteiger charge is -2.44. The Morgan fingerprint density at radius 3 is 2.41 bits per heavy atom. The van der Waals surface area contributed by atoms with Crippen LogP contribution in [0.15, 0.2) is 34.3 Å². The number of nitrogens with one attached hydrogen (secondary N) is 1. The number of amides is 3. The number of amidine groups is 1. The summed E-state index contributed by atoms with van der Waals surface area (Å²) in [5.74, 6) is -4.51. The maximum Gasteiger partial charge on any atom is 0.416 e. The first-order valence-electron chi connectivity index (χ1n) is 9.18. The van der Waals surface area contributed by atoms with E-state index in [1.807, 2.05) is 19.2 Å². The summed E-state index contributed by atoms with van der Waals surface area (Å²) in [5, 5.41) is 2.04. The molecule has 3 aliphatic rings. The van der Waals surface area contributed by atoms with Crippen molar-refractivity contribution in [2.45, 2.75) is 38.8 Å². The van der Waals surface area contributed by atoms with Crippen molar-refractivity contribution in [2.24, 2.45) is 27.2 Å². The molecular formula is C20H18F3N3O3. The number of carbonyl (C=O) groups is 3. The molecule has 0 bridgehead atoms. The summed E-state index contributed by atoms with van der Waals surface area (Å²) >= 11 is 0. The first-order valence-corrected chi connectivity index (χ1v) is 9.18. The highest BCUT2D eigenvalue weighted by molar-refractivity contribution is 6.24. The van der Waals surface area contributed by atoms with Crippen LogP contribution in [0, 0.1) is 17.3 Å². The topological polar surface area (TPSA) is 88.0 Å². The van der Waals surface area contributed by atoms with Crippen LogP contribution in [-0.2, 0) is 15.8 Å². The van der Waals surface area contributed by atoms with Gasteiger partial charge < -0.3 is 0 Å². The molecule has 6 nitrogen and oxygen atoms in total. The number of aliphatic imine (C=N–C) groups is 2. The van der Waals surface area contributed by atoms with Gasteiger partial charge in [-0.3, -0.25) is 14.9 Å². The number of imide groups is 1. The minimum atomic E-state index is -4.67. The molecule has 9 heteroatoms. The summed E-state index contributed by atoms with van der Waals surface area (Å²) in [5.41, 5.74) is -1.11. The predicted molar refractivity (Wildman–Crippen MR) is 97.6 cm³/mol. The number of rotatable bonds is 1. The average molecular weight is 405 g/mol. The molecular weight excluding hydrogens is 387 g/mol. The number of fused-ring (bicyclic) bond motifs is 2. The lowest BCUT2D eigenvalue weighted by molar-refractivity contribution is -0.139. The molecule has 4 rings (SSSR count). The van der Waals surface area contributed by atoms with E-state index in [1.165, 1.54) is 18.2 Å². The third-order valence-corrected chi connectivity index (χ3v) is 5.63. The number of urea groups is 1. The highest BCUT2D eigenvalue weighted by Crippen LogP contribution is 2.49. The van der Waals surface area contributed by atoms with Gasteiger partial charge >= 0.3 is 12.2 Å². The fourth-order valence-electron chi connectivity index (χ4n) is 4.61. The Hall–Kier alpha value is -2.84. The van der Waals surface area contributed by atoms with E-state index in [2.05, 4.69) is 9.98 Å². The molecule has 3 amide bonds. The van der Waals surface area contributed by atoms with E-state index >= 15 is 0 Å². The summed E-state index contributed by atoms with van der Waals surface area (Å²) in [6, 6.07) is 4.00. The van der Waals surface area contributed by atoms with Gasteiger partial charge in [-0.2, -0.15) is 18.2 Å². The Labute approximate surface area is 164 Å². The fourth-order valence-corrected chi connectivity index (χ4v) is 4.61. The van der Waals surface area contributed by atoms with Crippen LogP contribution in [-0.4, -0.2) is 29.3 Å². The third-order valence-electron chi connectivity index (χ3n) is 5.63. The molecule has 1 fully saturated rings. The van der Waals surface area contributed by atoms with Crippen LogP contribution in [0.2, 0.25) is 0 Å². The standard InChI is InChI=1S/C20H18F3N3O3/c1-19(2)7-11-14(12(27)8-19)13(9-5-3-4-6-10(9)20(21,22)23)15-16(24-11)25-18(29)26-17(15)28/h3-6,13-15H,7-8H2,1-2H3,(H,26,28,29). The zero-order chi connectivity index (χ0) is 21.1. The van der Waals surface area contributed by atoms with Gasteiger partial charge in [0.05, 0.1) is 11.5 Å². The van der Waals surface area contributed by atoms with Crippen LogP contribution in [0.4, 0.5) is 18.0 Å². The normalized spacial score (nSPS) is 28.7. The first kappa shape index (κ1) is 19.5. The molecule has 1 aromatic rings. The lowest BCUT2D eigenvalue weighted by Crippen LogP contribution is -2.54. The Morgan fingerprint density at radius 1 is 1.03 bits per heavy atom. The minimum absolute atomic E-state index is 0.127. The summed E-state index contributed by atoms with van der Waals surface area (Å²) in [6.45, 7) is 3.74. The SMILES string of the molecule is CC1(C)CC(=O)C2C(=NC3=NC(=O)NC(=O)C3C2c2ccccc2C(F)(F)F)C1. The van der Waals surface area contributed by atoms with Crippen molar-refractivity contribution in [3.05, 3.63) is 35.4 Å². The summed E-state index contributed by atoms with van der Waals surface area (Å²) in [7, 11) is 0. The van der Waals surface area contributed by atoms with E-state index < -0.39 is 46.8 Å². The quantitative estimate of drug-likeness (QED) is 0.776. The zero-order valence-corrected chi connectivity index (χ0v) is 15.7. The molecule has 1 N–H and O–H groups in total. The second kappa shape index (κ2) is 6.33. The molecule has 2 heterocycles. The van der Waals surface area contributed by atoms with Gasteiger partial charge in [-0.25, -0.2) is 9.79 Å². The van der Waals surface area contributed by atoms with Crippen molar-refractivity contribution < 1.29 is 27.6 Å². The number of halogens is 3. The largest absolute Gasteiger partial charge is 0.416 e. The summed E-state index contributed by atoms with van der Waals surface area (Å²) in [4.78, 5) is 45.4. The third kappa shape index (κ3) is 3.28. The maximum atomic E-state index is 13.7. The summed E-state index contributed by atoms with van der Waals surface area (Å²) in [6.07, 6.45) is -4.13. The molecule has 1 saturated carbocycles. The van der Waals surface area contributed by atoms with Gasteiger partial charge in [0.15, 0.2) is 0 Å². The molecule has 152 valence electrons. The van der Waals surface area contributed by atoms with Crippen LogP contribution < -0.4 is 5.32 Å². The molecule has 3 atom stereocenters. The van der Waals surface area contributed by atoms with Crippen LogP contribution in [0.1, 0.15) is 43.7 Å². The van der Waals surface area contributed by atoms with Gasteiger partial charge in [-0.05, 0) is 23.5 Å². The van der Waals surface area contributed by atoms with Crippen molar-refractivity contribution >= 4 is 29.3 Å². The van der Waals surface area contributed by atoms with E-state index in [9.17, 15) is 27.6 Å². The highest BCUT2D eigenvalue weighted by Gasteiger charge is 2.54. The van der Waals surface area contributed by atoms with E-state index in [1.54, 1.807) is 0 Å². The number of nitrogens with zero attached hydrogens (tertiary/aromatic N) is 2. The number of carbonyl (C=O) groups excluding carboxylic acids is 3. The Kier molecular flexibility index (Phi) is 4.25. The number of alkyl halides is 3.